The average molecular weight is 228 g/mol. The van der Waals surface area contributed by atoms with Gasteiger partial charge in [0.05, 0.1) is 0 Å². The van der Waals surface area contributed by atoms with Crippen molar-refractivity contribution >= 4 is 11.6 Å². The van der Waals surface area contributed by atoms with Gasteiger partial charge in [0.15, 0.2) is 0 Å². The van der Waals surface area contributed by atoms with Crippen LogP contribution in [-0.4, -0.2) is 6.04 Å². The second kappa shape index (κ2) is 3.46. The van der Waals surface area contributed by atoms with E-state index in [2.05, 4.69) is 0 Å². The number of hydrogen-bond acceptors (Lipinski definition) is 1. The van der Waals surface area contributed by atoms with Gasteiger partial charge in [-0.15, -0.1) is 0 Å². The molecular formula is C12H15ClFN. The Morgan fingerprint density at radius 1 is 1.47 bits per heavy atom. The van der Waals surface area contributed by atoms with Crippen LogP contribution in [0.1, 0.15) is 30.9 Å². The molecule has 0 spiro atoms. The van der Waals surface area contributed by atoms with Gasteiger partial charge in [-0.25, -0.2) is 4.39 Å². The summed E-state index contributed by atoms with van der Waals surface area (Å²) in [7, 11) is 0. The third-order valence-electron chi connectivity index (χ3n) is 3.52. The summed E-state index contributed by atoms with van der Waals surface area (Å²) in [6.07, 6.45) is 2.06. The maximum Gasteiger partial charge on any atom is 0.127 e. The van der Waals surface area contributed by atoms with Crippen LogP contribution in [0.4, 0.5) is 4.39 Å². The van der Waals surface area contributed by atoms with Crippen LogP contribution in [0, 0.1) is 12.7 Å². The van der Waals surface area contributed by atoms with Crippen molar-refractivity contribution in [1.82, 2.24) is 0 Å². The number of hydrogen-bond donors (Lipinski definition) is 1. The van der Waals surface area contributed by atoms with Gasteiger partial charge >= 0.3 is 0 Å². The minimum absolute atomic E-state index is 0.0296. The Morgan fingerprint density at radius 2 is 2.07 bits per heavy atom. The quantitative estimate of drug-likeness (QED) is 0.825. The van der Waals surface area contributed by atoms with Gasteiger partial charge in [-0.3, -0.25) is 0 Å². The van der Waals surface area contributed by atoms with Crippen molar-refractivity contribution in [2.45, 2.75) is 38.1 Å². The zero-order chi connectivity index (χ0) is 11.2. The lowest BCUT2D eigenvalue weighted by atomic mass is 9.89. The fourth-order valence-electron chi connectivity index (χ4n) is 2.07. The summed E-state index contributed by atoms with van der Waals surface area (Å²) < 4.78 is 13.5. The summed E-state index contributed by atoms with van der Waals surface area (Å²) in [6.45, 7) is 3.66. The van der Waals surface area contributed by atoms with Crippen LogP contribution >= 0.6 is 11.6 Å². The van der Waals surface area contributed by atoms with E-state index in [9.17, 15) is 4.39 Å². The van der Waals surface area contributed by atoms with Gasteiger partial charge < -0.3 is 5.73 Å². The second-order valence-corrected chi connectivity index (χ2v) is 4.92. The SMILES string of the molecule is Cc1c(F)cc(C2(C(C)N)CC2)cc1Cl. The molecule has 1 saturated carbocycles. The maximum atomic E-state index is 13.5. The lowest BCUT2D eigenvalue weighted by Gasteiger charge is -2.21. The van der Waals surface area contributed by atoms with E-state index in [0.29, 0.717) is 10.6 Å². The second-order valence-electron chi connectivity index (χ2n) is 4.51. The Morgan fingerprint density at radius 3 is 2.47 bits per heavy atom. The molecule has 1 fully saturated rings. The van der Waals surface area contributed by atoms with Crippen LogP contribution in [0.2, 0.25) is 5.02 Å². The molecule has 1 aliphatic carbocycles. The Hall–Kier alpha value is -0.600. The van der Waals surface area contributed by atoms with E-state index in [1.54, 1.807) is 13.0 Å². The molecule has 82 valence electrons. The maximum absolute atomic E-state index is 13.5. The highest BCUT2D eigenvalue weighted by Crippen LogP contribution is 2.51. The summed E-state index contributed by atoms with van der Waals surface area (Å²) in [5.41, 5.74) is 7.37. The van der Waals surface area contributed by atoms with Gasteiger partial charge in [0.1, 0.15) is 5.82 Å². The largest absolute Gasteiger partial charge is 0.327 e. The predicted molar refractivity (Wildman–Crippen MR) is 60.7 cm³/mol. The molecule has 2 N–H and O–H groups in total. The molecule has 1 atom stereocenters. The van der Waals surface area contributed by atoms with E-state index in [-0.39, 0.29) is 17.3 Å². The molecule has 1 unspecified atom stereocenters. The highest BCUT2D eigenvalue weighted by atomic mass is 35.5. The Bertz CT molecular complexity index is 374. The highest BCUT2D eigenvalue weighted by molar-refractivity contribution is 6.31. The molecule has 1 nitrogen and oxygen atoms in total. The molecule has 2 rings (SSSR count). The monoisotopic (exact) mass is 227 g/mol. The number of benzene rings is 1. The Kier molecular flexibility index (Phi) is 2.52. The molecule has 1 aromatic rings. The van der Waals surface area contributed by atoms with E-state index in [1.807, 2.05) is 13.0 Å². The van der Waals surface area contributed by atoms with Crippen molar-refractivity contribution in [1.29, 1.82) is 0 Å². The standard InChI is InChI=1S/C12H15ClFN/c1-7-10(13)5-9(6-11(7)14)12(3-4-12)8(2)15/h5-6,8H,3-4,15H2,1-2H3. The molecule has 0 saturated heterocycles. The lowest BCUT2D eigenvalue weighted by Crippen LogP contribution is -2.31. The van der Waals surface area contributed by atoms with Crippen LogP contribution in [0.3, 0.4) is 0 Å². The summed E-state index contributed by atoms with van der Waals surface area (Å²) in [5.74, 6) is -0.232. The van der Waals surface area contributed by atoms with Gasteiger partial charge in [-0.1, -0.05) is 11.6 Å². The molecular weight excluding hydrogens is 213 g/mol. The minimum atomic E-state index is -0.232. The van der Waals surface area contributed by atoms with Crippen molar-refractivity contribution in [3.63, 3.8) is 0 Å². The van der Waals surface area contributed by atoms with Gasteiger partial charge in [0.2, 0.25) is 0 Å². The average Bonchev–Trinajstić information content (AvgIpc) is 2.93. The van der Waals surface area contributed by atoms with Crippen LogP contribution < -0.4 is 5.73 Å². The van der Waals surface area contributed by atoms with Crippen molar-refractivity contribution in [2.24, 2.45) is 5.73 Å². The van der Waals surface area contributed by atoms with Crippen LogP contribution in [-0.2, 0) is 5.41 Å². The van der Waals surface area contributed by atoms with Crippen molar-refractivity contribution < 1.29 is 4.39 Å². The Labute approximate surface area is 94.4 Å². The summed E-state index contributed by atoms with van der Waals surface area (Å²) in [4.78, 5) is 0. The molecule has 0 heterocycles. The molecule has 0 radical (unpaired) electrons. The first-order chi connectivity index (χ1) is 6.97. The molecule has 1 aliphatic rings. The highest BCUT2D eigenvalue weighted by Gasteiger charge is 2.47. The zero-order valence-electron chi connectivity index (χ0n) is 8.98. The van der Waals surface area contributed by atoms with Crippen LogP contribution in [0.15, 0.2) is 12.1 Å². The van der Waals surface area contributed by atoms with E-state index in [1.165, 1.54) is 0 Å². The fourth-order valence-corrected chi connectivity index (χ4v) is 2.28. The molecule has 0 aromatic heterocycles. The van der Waals surface area contributed by atoms with Gasteiger partial charge in [-0.05, 0) is 44.4 Å². The molecule has 0 amide bonds. The van der Waals surface area contributed by atoms with Crippen molar-refractivity contribution in [3.05, 3.63) is 34.1 Å². The Balaban J connectivity index is 2.47. The van der Waals surface area contributed by atoms with Crippen molar-refractivity contribution in [3.8, 4) is 0 Å². The summed E-state index contributed by atoms with van der Waals surface area (Å²) in [5, 5.41) is 0.497. The number of rotatable bonds is 2. The van der Waals surface area contributed by atoms with Gasteiger partial charge in [-0.2, -0.15) is 0 Å². The van der Waals surface area contributed by atoms with E-state index in [4.69, 9.17) is 17.3 Å². The fraction of sp³-hybridized carbons (Fsp3) is 0.500. The van der Waals surface area contributed by atoms with E-state index < -0.39 is 0 Å². The summed E-state index contributed by atoms with van der Waals surface area (Å²) >= 11 is 5.98. The molecule has 15 heavy (non-hydrogen) atoms. The molecule has 1 aromatic carbocycles. The first-order valence-electron chi connectivity index (χ1n) is 5.19. The van der Waals surface area contributed by atoms with Gasteiger partial charge in [0.25, 0.3) is 0 Å². The lowest BCUT2D eigenvalue weighted by molar-refractivity contribution is 0.547. The molecule has 0 aliphatic heterocycles. The predicted octanol–water partition coefficient (Wildman–Crippen LogP) is 3.17. The number of nitrogens with two attached hydrogens (primary N) is 1. The van der Waals surface area contributed by atoms with Crippen LogP contribution in [0.25, 0.3) is 0 Å². The first-order valence-corrected chi connectivity index (χ1v) is 5.57. The number of halogens is 2. The molecule has 0 bridgehead atoms. The van der Waals surface area contributed by atoms with E-state index in [0.717, 1.165) is 18.4 Å². The van der Waals surface area contributed by atoms with Crippen molar-refractivity contribution in [2.75, 3.05) is 0 Å². The van der Waals surface area contributed by atoms with E-state index >= 15 is 0 Å². The first kappa shape index (κ1) is 10.9. The third kappa shape index (κ3) is 1.66. The van der Waals surface area contributed by atoms with Crippen LogP contribution in [0.5, 0.6) is 0 Å². The van der Waals surface area contributed by atoms with Gasteiger partial charge in [0, 0.05) is 22.0 Å². The smallest absolute Gasteiger partial charge is 0.127 e. The summed E-state index contributed by atoms with van der Waals surface area (Å²) in [6, 6.07) is 3.49. The minimum Gasteiger partial charge on any atom is -0.327 e. The normalized spacial score (nSPS) is 20.1. The zero-order valence-corrected chi connectivity index (χ0v) is 9.74. The molecule has 3 heteroatoms. The third-order valence-corrected chi connectivity index (χ3v) is 3.91. The topological polar surface area (TPSA) is 26.0 Å².